The number of aromatic nitrogens is 5. The first kappa shape index (κ1) is 14.1. The maximum atomic E-state index is 12.0. The van der Waals surface area contributed by atoms with Crippen molar-refractivity contribution in [1.29, 1.82) is 0 Å². The average molecular weight is 315 g/mol. The molecule has 0 amide bonds. The summed E-state index contributed by atoms with van der Waals surface area (Å²) in [5.74, 6) is 0.467. The molecule has 4 rings (SSSR count). The maximum Gasteiger partial charge on any atom is 0.259 e. The molecule has 0 fully saturated rings. The third kappa shape index (κ3) is 2.72. The first-order chi connectivity index (χ1) is 11.8. The van der Waals surface area contributed by atoms with Crippen molar-refractivity contribution >= 4 is 23.1 Å². The summed E-state index contributed by atoms with van der Waals surface area (Å²) >= 11 is 0. The molecular formula is C18H13N5O. The molecule has 1 aromatic carbocycles. The summed E-state index contributed by atoms with van der Waals surface area (Å²) < 4.78 is 1.79. The van der Waals surface area contributed by atoms with Gasteiger partial charge in [-0.2, -0.15) is 5.10 Å². The molecule has 0 aliphatic carbocycles. The van der Waals surface area contributed by atoms with E-state index in [4.69, 9.17) is 0 Å². The van der Waals surface area contributed by atoms with Crippen LogP contribution in [0.1, 0.15) is 11.5 Å². The highest BCUT2D eigenvalue weighted by atomic mass is 16.1. The van der Waals surface area contributed by atoms with E-state index in [9.17, 15) is 4.79 Å². The number of H-pyrrole nitrogens is 1. The fourth-order valence-electron chi connectivity index (χ4n) is 2.40. The Kier molecular flexibility index (Phi) is 3.47. The van der Waals surface area contributed by atoms with Crippen LogP contribution in [-0.4, -0.2) is 24.7 Å². The third-order valence-corrected chi connectivity index (χ3v) is 3.57. The molecule has 3 heterocycles. The largest absolute Gasteiger partial charge is 0.306 e. The Morgan fingerprint density at radius 2 is 1.92 bits per heavy atom. The maximum absolute atomic E-state index is 12.0. The Morgan fingerprint density at radius 1 is 1.04 bits per heavy atom. The van der Waals surface area contributed by atoms with Crippen LogP contribution >= 0.6 is 0 Å². The van der Waals surface area contributed by atoms with Crippen LogP contribution in [0.15, 0.2) is 65.8 Å². The molecule has 1 N–H and O–H groups in total. The first-order valence-corrected chi connectivity index (χ1v) is 7.43. The van der Waals surface area contributed by atoms with Crippen molar-refractivity contribution in [3.8, 4) is 5.69 Å². The van der Waals surface area contributed by atoms with Crippen molar-refractivity contribution in [2.45, 2.75) is 0 Å². The minimum atomic E-state index is -0.183. The van der Waals surface area contributed by atoms with Gasteiger partial charge in [-0.3, -0.25) is 9.78 Å². The predicted octanol–water partition coefficient (Wildman–Crippen LogP) is 2.67. The molecule has 0 unspecified atom stereocenters. The molecule has 0 radical (unpaired) electrons. The number of nitrogens with zero attached hydrogens (tertiary/aromatic N) is 4. The van der Waals surface area contributed by atoms with E-state index >= 15 is 0 Å². The van der Waals surface area contributed by atoms with Gasteiger partial charge in [0, 0.05) is 12.4 Å². The van der Waals surface area contributed by atoms with Crippen molar-refractivity contribution in [2.75, 3.05) is 0 Å². The molecule has 0 saturated carbocycles. The van der Waals surface area contributed by atoms with E-state index in [1.807, 2.05) is 42.6 Å². The lowest BCUT2D eigenvalue weighted by molar-refractivity contribution is 0.876. The lowest BCUT2D eigenvalue weighted by atomic mass is 10.3. The van der Waals surface area contributed by atoms with Gasteiger partial charge in [0.1, 0.15) is 5.82 Å². The standard InChI is InChI=1S/C18H13N5O/c24-18-15-8-10-19-12-16(15)20-17(21-18)7-6-13-9-11-23(22-13)14-4-2-1-3-5-14/h1-12H,(H,20,21,24). The SMILES string of the molecule is O=c1[nH]c(C=Cc2ccn(-c3ccccc3)n2)nc2cnccc12. The number of benzene rings is 1. The van der Waals surface area contributed by atoms with E-state index in [1.54, 1.807) is 35.3 Å². The van der Waals surface area contributed by atoms with Gasteiger partial charge in [0.25, 0.3) is 5.56 Å². The molecule has 4 aromatic rings. The van der Waals surface area contributed by atoms with E-state index in [0.717, 1.165) is 11.4 Å². The van der Waals surface area contributed by atoms with Crippen LogP contribution in [0.3, 0.4) is 0 Å². The van der Waals surface area contributed by atoms with Gasteiger partial charge in [-0.15, -0.1) is 0 Å². The van der Waals surface area contributed by atoms with Crippen LogP contribution in [0.2, 0.25) is 0 Å². The van der Waals surface area contributed by atoms with E-state index in [-0.39, 0.29) is 5.56 Å². The van der Waals surface area contributed by atoms with E-state index in [1.165, 1.54) is 0 Å². The molecule has 6 nitrogen and oxygen atoms in total. The Morgan fingerprint density at radius 3 is 2.79 bits per heavy atom. The monoisotopic (exact) mass is 315 g/mol. The molecule has 0 spiro atoms. The summed E-state index contributed by atoms with van der Waals surface area (Å²) in [6.07, 6.45) is 8.57. The molecule has 3 aromatic heterocycles. The van der Waals surface area contributed by atoms with E-state index in [0.29, 0.717) is 16.7 Å². The lowest BCUT2D eigenvalue weighted by Crippen LogP contribution is -2.09. The van der Waals surface area contributed by atoms with Crippen LogP contribution in [0.25, 0.3) is 28.7 Å². The highest BCUT2D eigenvalue weighted by Gasteiger charge is 2.02. The van der Waals surface area contributed by atoms with Crippen LogP contribution in [-0.2, 0) is 0 Å². The van der Waals surface area contributed by atoms with E-state index < -0.39 is 0 Å². The lowest BCUT2D eigenvalue weighted by Gasteiger charge is -1.99. The number of nitrogens with one attached hydrogen (secondary N) is 1. The Bertz CT molecular complexity index is 1080. The zero-order chi connectivity index (χ0) is 16.4. The number of fused-ring (bicyclic) bond motifs is 1. The molecule has 0 atom stereocenters. The Labute approximate surface area is 137 Å². The number of hydrogen-bond acceptors (Lipinski definition) is 4. The number of aromatic amines is 1. The van der Waals surface area contributed by atoms with Crippen LogP contribution in [0.5, 0.6) is 0 Å². The zero-order valence-corrected chi connectivity index (χ0v) is 12.6. The molecule has 24 heavy (non-hydrogen) atoms. The number of hydrogen-bond donors (Lipinski definition) is 1. The minimum absolute atomic E-state index is 0.183. The molecule has 0 bridgehead atoms. The fourth-order valence-corrected chi connectivity index (χ4v) is 2.40. The molecule has 116 valence electrons. The Balaban J connectivity index is 1.64. The number of rotatable bonds is 3. The normalized spacial score (nSPS) is 11.3. The fraction of sp³-hybridized carbons (Fsp3) is 0. The van der Waals surface area contributed by atoms with Crippen molar-refractivity contribution in [2.24, 2.45) is 0 Å². The minimum Gasteiger partial charge on any atom is -0.306 e. The van der Waals surface area contributed by atoms with Crippen LogP contribution in [0.4, 0.5) is 0 Å². The summed E-state index contributed by atoms with van der Waals surface area (Å²) in [6.45, 7) is 0. The van der Waals surface area contributed by atoms with Gasteiger partial charge in [0.05, 0.1) is 28.5 Å². The van der Waals surface area contributed by atoms with Crippen molar-refractivity contribution in [3.05, 3.63) is 82.9 Å². The average Bonchev–Trinajstić information content (AvgIpc) is 3.10. The van der Waals surface area contributed by atoms with Crippen molar-refractivity contribution in [1.82, 2.24) is 24.7 Å². The molecule has 0 aliphatic rings. The highest BCUT2D eigenvalue weighted by molar-refractivity contribution is 5.77. The van der Waals surface area contributed by atoms with Crippen molar-refractivity contribution in [3.63, 3.8) is 0 Å². The van der Waals surface area contributed by atoms with Gasteiger partial charge in [-0.1, -0.05) is 18.2 Å². The number of para-hydroxylation sites is 1. The van der Waals surface area contributed by atoms with Crippen LogP contribution in [0, 0.1) is 0 Å². The van der Waals surface area contributed by atoms with Gasteiger partial charge in [-0.25, -0.2) is 9.67 Å². The molecule has 0 aliphatic heterocycles. The summed E-state index contributed by atoms with van der Waals surface area (Å²) in [7, 11) is 0. The van der Waals surface area contributed by atoms with Gasteiger partial charge in [0.2, 0.25) is 0 Å². The topological polar surface area (TPSA) is 76.5 Å². The summed E-state index contributed by atoms with van der Waals surface area (Å²) in [5.41, 5.74) is 2.14. The van der Waals surface area contributed by atoms with Gasteiger partial charge < -0.3 is 4.98 Å². The van der Waals surface area contributed by atoms with Gasteiger partial charge in [-0.05, 0) is 36.4 Å². The summed E-state index contributed by atoms with van der Waals surface area (Å²) in [5, 5.41) is 5.00. The van der Waals surface area contributed by atoms with Gasteiger partial charge >= 0.3 is 0 Å². The van der Waals surface area contributed by atoms with Gasteiger partial charge in [0.15, 0.2) is 0 Å². The highest BCUT2D eigenvalue weighted by Crippen LogP contribution is 2.09. The van der Waals surface area contributed by atoms with Crippen molar-refractivity contribution < 1.29 is 0 Å². The van der Waals surface area contributed by atoms with Crippen LogP contribution < -0.4 is 5.56 Å². The third-order valence-electron chi connectivity index (χ3n) is 3.57. The quantitative estimate of drug-likeness (QED) is 0.630. The summed E-state index contributed by atoms with van der Waals surface area (Å²) in [4.78, 5) is 23.1. The smallest absolute Gasteiger partial charge is 0.259 e. The molecular weight excluding hydrogens is 302 g/mol. The number of pyridine rings is 1. The molecule has 6 heteroatoms. The molecule has 0 saturated heterocycles. The second-order valence-electron chi connectivity index (χ2n) is 5.20. The second kappa shape index (κ2) is 5.92. The summed E-state index contributed by atoms with van der Waals surface area (Å²) in [6, 6.07) is 13.4. The van der Waals surface area contributed by atoms with E-state index in [2.05, 4.69) is 20.1 Å². The Hall–Kier alpha value is -3.54. The predicted molar refractivity (Wildman–Crippen MR) is 92.7 cm³/mol. The zero-order valence-electron chi connectivity index (χ0n) is 12.6. The first-order valence-electron chi connectivity index (χ1n) is 7.43. The second-order valence-corrected chi connectivity index (χ2v) is 5.20.